The topological polar surface area (TPSA) is 23.5 Å². The monoisotopic (exact) mass is 259 g/mol. The first-order valence-corrected chi connectivity index (χ1v) is 7.79. The van der Waals surface area contributed by atoms with Crippen LogP contribution in [0, 0.1) is 5.92 Å². The molecule has 0 aromatic heterocycles. The van der Waals surface area contributed by atoms with Crippen LogP contribution in [0.25, 0.3) is 0 Å². The van der Waals surface area contributed by atoms with E-state index in [1.54, 1.807) is 0 Å². The fourth-order valence-electron chi connectivity index (χ4n) is 3.91. The number of likely N-dealkylation sites (tertiary alicyclic amines) is 1. The molecule has 1 fully saturated rings. The third-order valence-electron chi connectivity index (χ3n) is 4.93. The summed E-state index contributed by atoms with van der Waals surface area (Å²) in [5.41, 5.74) is 2.51. The molecule has 2 heteroatoms. The minimum Gasteiger partial charge on any atom is -0.387 e. The van der Waals surface area contributed by atoms with Gasteiger partial charge in [-0.2, -0.15) is 0 Å². The van der Waals surface area contributed by atoms with Crippen molar-refractivity contribution in [3.05, 3.63) is 35.4 Å². The molecule has 1 aromatic carbocycles. The zero-order valence-corrected chi connectivity index (χ0v) is 11.9. The van der Waals surface area contributed by atoms with Gasteiger partial charge in [0.1, 0.15) is 0 Å². The van der Waals surface area contributed by atoms with E-state index < -0.39 is 0 Å². The first-order valence-electron chi connectivity index (χ1n) is 7.79. The lowest BCUT2D eigenvalue weighted by Gasteiger charge is -2.36. The second-order valence-corrected chi connectivity index (χ2v) is 6.19. The zero-order valence-electron chi connectivity index (χ0n) is 11.9. The van der Waals surface area contributed by atoms with Gasteiger partial charge in [0.25, 0.3) is 0 Å². The molecule has 1 aliphatic heterocycles. The number of aliphatic hydroxyl groups excluding tert-OH is 1. The highest BCUT2D eigenvalue weighted by molar-refractivity contribution is 5.32. The van der Waals surface area contributed by atoms with E-state index in [1.807, 2.05) is 6.07 Å². The molecule has 1 heterocycles. The van der Waals surface area contributed by atoms with Gasteiger partial charge in [0.05, 0.1) is 6.10 Å². The summed E-state index contributed by atoms with van der Waals surface area (Å²) in [5.74, 6) is 0.856. The van der Waals surface area contributed by atoms with Gasteiger partial charge in [-0.3, -0.25) is 4.90 Å². The average Bonchev–Trinajstić information content (AvgIpc) is 2.88. The number of hydrogen-bond donors (Lipinski definition) is 1. The number of aliphatic hydroxyl groups is 1. The third-order valence-corrected chi connectivity index (χ3v) is 4.93. The van der Waals surface area contributed by atoms with Gasteiger partial charge in [0.2, 0.25) is 0 Å². The Balaban J connectivity index is 1.71. The highest BCUT2D eigenvalue weighted by atomic mass is 16.3. The lowest BCUT2D eigenvalue weighted by molar-refractivity contribution is 0.0467. The van der Waals surface area contributed by atoms with Crippen LogP contribution in [0.5, 0.6) is 0 Å². The Morgan fingerprint density at radius 1 is 1.26 bits per heavy atom. The molecule has 0 saturated carbocycles. The van der Waals surface area contributed by atoms with Gasteiger partial charge in [0.15, 0.2) is 0 Å². The lowest BCUT2D eigenvalue weighted by atomic mass is 9.85. The smallest absolute Gasteiger partial charge is 0.0947 e. The van der Waals surface area contributed by atoms with Crippen molar-refractivity contribution < 1.29 is 5.11 Å². The predicted molar refractivity (Wildman–Crippen MR) is 78.1 cm³/mol. The van der Waals surface area contributed by atoms with Crippen LogP contribution in [0.2, 0.25) is 0 Å². The molecule has 1 N–H and O–H groups in total. The maximum atomic E-state index is 10.7. The summed E-state index contributed by atoms with van der Waals surface area (Å²) in [7, 11) is 0. The lowest BCUT2D eigenvalue weighted by Crippen LogP contribution is -2.41. The van der Waals surface area contributed by atoms with Crippen LogP contribution in [-0.4, -0.2) is 29.1 Å². The Kier molecular flexibility index (Phi) is 3.90. The third kappa shape index (κ3) is 2.56. The van der Waals surface area contributed by atoms with Crippen LogP contribution < -0.4 is 0 Å². The number of hydrogen-bond acceptors (Lipinski definition) is 2. The molecule has 0 radical (unpaired) electrons. The zero-order chi connectivity index (χ0) is 13.2. The maximum absolute atomic E-state index is 10.7. The number of fused-ring (bicyclic) bond motifs is 1. The normalized spacial score (nSPS) is 31.4. The van der Waals surface area contributed by atoms with Gasteiger partial charge in [-0.05, 0) is 49.3 Å². The summed E-state index contributed by atoms with van der Waals surface area (Å²) in [6.45, 7) is 4.64. The number of nitrogens with zero attached hydrogens (tertiary/aromatic N) is 1. The van der Waals surface area contributed by atoms with Crippen LogP contribution in [-0.2, 0) is 6.42 Å². The van der Waals surface area contributed by atoms with Crippen LogP contribution in [0.4, 0.5) is 0 Å². The first kappa shape index (κ1) is 13.1. The van der Waals surface area contributed by atoms with Crippen molar-refractivity contribution in [2.24, 2.45) is 5.92 Å². The van der Waals surface area contributed by atoms with E-state index in [4.69, 9.17) is 0 Å². The summed E-state index contributed by atoms with van der Waals surface area (Å²) in [5, 5.41) is 10.7. The number of rotatable bonds is 3. The van der Waals surface area contributed by atoms with Crippen molar-refractivity contribution >= 4 is 0 Å². The molecule has 3 atom stereocenters. The molecule has 1 aromatic rings. The molecule has 104 valence electrons. The standard InChI is InChI=1S/C17H25NO/c1-2-5-13-10-11-18(12-13)16-9-8-14-6-3-4-7-15(14)17(16)19/h3-4,6-7,13,16-17,19H,2,5,8-12H2,1H3. The van der Waals surface area contributed by atoms with Crippen molar-refractivity contribution in [3.8, 4) is 0 Å². The average molecular weight is 259 g/mol. The largest absolute Gasteiger partial charge is 0.387 e. The molecular formula is C17H25NO. The second-order valence-electron chi connectivity index (χ2n) is 6.19. The first-order chi connectivity index (χ1) is 9.29. The molecule has 0 bridgehead atoms. The highest BCUT2D eigenvalue weighted by Gasteiger charge is 2.35. The Morgan fingerprint density at radius 3 is 2.95 bits per heavy atom. The van der Waals surface area contributed by atoms with Crippen LogP contribution in [0.15, 0.2) is 24.3 Å². The van der Waals surface area contributed by atoms with Crippen molar-refractivity contribution in [2.75, 3.05) is 13.1 Å². The Bertz CT molecular complexity index is 431. The summed E-state index contributed by atoms with van der Waals surface area (Å²) in [4.78, 5) is 2.54. The van der Waals surface area contributed by atoms with E-state index in [-0.39, 0.29) is 6.10 Å². The van der Waals surface area contributed by atoms with Gasteiger partial charge in [-0.1, -0.05) is 37.6 Å². The Morgan fingerprint density at radius 2 is 2.11 bits per heavy atom. The van der Waals surface area contributed by atoms with E-state index in [9.17, 15) is 5.11 Å². The van der Waals surface area contributed by atoms with Gasteiger partial charge >= 0.3 is 0 Å². The molecule has 3 rings (SSSR count). The van der Waals surface area contributed by atoms with E-state index in [1.165, 1.54) is 37.9 Å². The predicted octanol–water partition coefficient (Wildman–Crippen LogP) is 3.16. The summed E-state index contributed by atoms with van der Waals surface area (Å²) < 4.78 is 0. The van der Waals surface area contributed by atoms with E-state index in [0.29, 0.717) is 6.04 Å². The van der Waals surface area contributed by atoms with Crippen molar-refractivity contribution in [1.82, 2.24) is 4.90 Å². The summed E-state index contributed by atoms with van der Waals surface area (Å²) in [6, 6.07) is 8.74. The Labute approximate surface area is 116 Å². The van der Waals surface area contributed by atoms with Crippen molar-refractivity contribution in [2.45, 2.75) is 51.2 Å². The highest BCUT2D eigenvalue weighted by Crippen LogP contribution is 2.35. The van der Waals surface area contributed by atoms with Gasteiger partial charge < -0.3 is 5.11 Å². The molecule has 0 spiro atoms. The molecule has 0 amide bonds. The van der Waals surface area contributed by atoms with Gasteiger partial charge in [-0.25, -0.2) is 0 Å². The SMILES string of the molecule is CCCC1CCN(C2CCc3ccccc3C2O)C1. The fraction of sp³-hybridized carbons (Fsp3) is 0.647. The minimum atomic E-state index is -0.287. The van der Waals surface area contributed by atoms with Gasteiger partial charge in [-0.15, -0.1) is 0 Å². The van der Waals surface area contributed by atoms with E-state index >= 15 is 0 Å². The maximum Gasteiger partial charge on any atom is 0.0947 e. The van der Waals surface area contributed by atoms with Crippen LogP contribution in [0.3, 0.4) is 0 Å². The van der Waals surface area contributed by atoms with E-state index in [2.05, 4.69) is 30.0 Å². The molecule has 19 heavy (non-hydrogen) atoms. The summed E-state index contributed by atoms with van der Waals surface area (Å²) in [6.07, 6.45) is 5.89. The molecule has 1 saturated heterocycles. The molecule has 2 aliphatic rings. The quantitative estimate of drug-likeness (QED) is 0.901. The fourth-order valence-corrected chi connectivity index (χ4v) is 3.91. The second kappa shape index (κ2) is 5.64. The van der Waals surface area contributed by atoms with Crippen LogP contribution >= 0.6 is 0 Å². The summed E-state index contributed by atoms with van der Waals surface area (Å²) >= 11 is 0. The minimum absolute atomic E-state index is 0.287. The van der Waals surface area contributed by atoms with Gasteiger partial charge in [0, 0.05) is 12.6 Å². The van der Waals surface area contributed by atoms with Crippen molar-refractivity contribution in [1.29, 1.82) is 0 Å². The molecule has 2 nitrogen and oxygen atoms in total. The molecule has 1 aliphatic carbocycles. The number of aryl methyl sites for hydroxylation is 1. The number of benzene rings is 1. The molecular weight excluding hydrogens is 234 g/mol. The molecule has 3 unspecified atom stereocenters. The van der Waals surface area contributed by atoms with Crippen LogP contribution in [0.1, 0.15) is 49.8 Å². The Hall–Kier alpha value is -0.860. The van der Waals surface area contributed by atoms with Crippen molar-refractivity contribution in [3.63, 3.8) is 0 Å². The van der Waals surface area contributed by atoms with E-state index in [0.717, 1.165) is 24.3 Å².